The molecule has 2 heterocycles. The summed E-state index contributed by atoms with van der Waals surface area (Å²) in [5.41, 5.74) is 2.08. The van der Waals surface area contributed by atoms with Crippen molar-refractivity contribution >= 4 is 46.1 Å². The van der Waals surface area contributed by atoms with Gasteiger partial charge in [-0.1, -0.05) is 42.5 Å². The molecule has 3 aromatic carbocycles. The predicted molar refractivity (Wildman–Crippen MR) is 122 cm³/mol. The molecule has 0 bridgehead atoms. The largest absolute Gasteiger partial charge is 0.378 e. The van der Waals surface area contributed by atoms with Crippen molar-refractivity contribution < 1.29 is 19.1 Å². The van der Waals surface area contributed by atoms with Gasteiger partial charge in [0.1, 0.15) is 5.57 Å². The molecule has 4 amide bonds. The lowest BCUT2D eigenvalue weighted by Crippen LogP contribution is -2.54. The van der Waals surface area contributed by atoms with Crippen LogP contribution in [0, 0.1) is 0 Å². The molecule has 160 valence electrons. The second-order valence-electron chi connectivity index (χ2n) is 7.68. The molecular weight excluding hydrogens is 406 g/mol. The van der Waals surface area contributed by atoms with Gasteiger partial charge in [0, 0.05) is 18.8 Å². The maximum Gasteiger partial charge on any atom is 0.335 e. The lowest BCUT2D eigenvalue weighted by atomic mass is 10.1. The van der Waals surface area contributed by atoms with Crippen molar-refractivity contribution in [1.29, 1.82) is 0 Å². The van der Waals surface area contributed by atoms with Crippen LogP contribution in [-0.2, 0) is 14.3 Å². The summed E-state index contributed by atoms with van der Waals surface area (Å²) >= 11 is 0. The summed E-state index contributed by atoms with van der Waals surface area (Å²) in [6, 6.07) is 19.8. The zero-order chi connectivity index (χ0) is 22.1. The lowest BCUT2D eigenvalue weighted by molar-refractivity contribution is -0.122. The number of hydrogen-bond donors (Lipinski definition) is 1. The average molecular weight is 427 g/mol. The van der Waals surface area contributed by atoms with E-state index in [0.29, 0.717) is 24.5 Å². The fourth-order valence-corrected chi connectivity index (χ4v) is 3.98. The van der Waals surface area contributed by atoms with Crippen LogP contribution in [0.3, 0.4) is 0 Å². The number of benzene rings is 3. The molecule has 0 unspecified atom stereocenters. The molecule has 5 rings (SSSR count). The molecule has 1 N–H and O–H groups in total. The highest BCUT2D eigenvalue weighted by Gasteiger charge is 2.36. The van der Waals surface area contributed by atoms with Gasteiger partial charge in [0.25, 0.3) is 11.8 Å². The third-order valence-corrected chi connectivity index (χ3v) is 5.67. The second kappa shape index (κ2) is 8.28. The molecule has 0 radical (unpaired) electrons. The summed E-state index contributed by atoms with van der Waals surface area (Å²) in [6.45, 7) is 3.03. The van der Waals surface area contributed by atoms with Gasteiger partial charge >= 0.3 is 6.03 Å². The Morgan fingerprint density at radius 2 is 1.50 bits per heavy atom. The third kappa shape index (κ3) is 3.74. The Kier molecular flexibility index (Phi) is 5.17. The van der Waals surface area contributed by atoms with Crippen LogP contribution in [0.4, 0.5) is 16.2 Å². The first kappa shape index (κ1) is 20.0. The summed E-state index contributed by atoms with van der Waals surface area (Å²) in [4.78, 5) is 41.3. The first-order chi connectivity index (χ1) is 15.6. The normalized spacial score (nSPS) is 18.4. The summed E-state index contributed by atoms with van der Waals surface area (Å²) in [5.74, 6) is -1.35. The number of rotatable bonds is 3. The predicted octanol–water partition coefficient (Wildman–Crippen LogP) is 3.34. The van der Waals surface area contributed by atoms with Crippen molar-refractivity contribution in [3.05, 3.63) is 77.9 Å². The highest BCUT2D eigenvalue weighted by molar-refractivity contribution is 6.39. The number of carbonyl (C=O) groups excluding carboxylic acids is 3. The molecular formula is C25H21N3O4. The maximum atomic E-state index is 13.2. The SMILES string of the molecule is O=C1NC(=O)N(c2ccc3ccccc3c2)C(=O)/C1=C/c1ccc(N2CCOCC2)cc1. The highest BCUT2D eigenvalue weighted by Crippen LogP contribution is 2.26. The molecule has 2 saturated heterocycles. The smallest absolute Gasteiger partial charge is 0.335 e. The van der Waals surface area contributed by atoms with Crippen LogP contribution in [0.2, 0.25) is 0 Å². The van der Waals surface area contributed by atoms with E-state index in [1.54, 1.807) is 12.1 Å². The third-order valence-electron chi connectivity index (χ3n) is 5.67. The number of nitrogens with one attached hydrogen (secondary N) is 1. The van der Waals surface area contributed by atoms with Crippen LogP contribution in [-0.4, -0.2) is 44.1 Å². The van der Waals surface area contributed by atoms with Gasteiger partial charge in [-0.3, -0.25) is 14.9 Å². The first-order valence-corrected chi connectivity index (χ1v) is 10.4. The van der Waals surface area contributed by atoms with E-state index < -0.39 is 17.8 Å². The fourth-order valence-electron chi connectivity index (χ4n) is 3.98. The van der Waals surface area contributed by atoms with Crippen LogP contribution in [0.1, 0.15) is 5.56 Å². The fraction of sp³-hybridized carbons (Fsp3) is 0.160. The summed E-state index contributed by atoms with van der Waals surface area (Å²) in [5, 5.41) is 4.17. The maximum absolute atomic E-state index is 13.2. The summed E-state index contributed by atoms with van der Waals surface area (Å²) < 4.78 is 5.38. The van der Waals surface area contributed by atoms with Crippen molar-refractivity contribution in [2.75, 3.05) is 36.1 Å². The average Bonchev–Trinajstić information content (AvgIpc) is 2.82. The number of urea groups is 1. The van der Waals surface area contributed by atoms with E-state index in [2.05, 4.69) is 10.2 Å². The van der Waals surface area contributed by atoms with Crippen molar-refractivity contribution in [3.63, 3.8) is 0 Å². The van der Waals surface area contributed by atoms with Crippen molar-refractivity contribution in [3.8, 4) is 0 Å². The van der Waals surface area contributed by atoms with Gasteiger partial charge in [-0.05, 0) is 46.7 Å². The van der Waals surface area contributed by atoms with Gasteiger partial charge in [-0.15, -0.1) is 0 Å². The number of imide groups is 2. The Morgan fingerprint density at radius 3 is 2.25 bits per heavy atom. The van der Waals surface area contributed by atoms with Crippen LogP contribution in [0.15, 0.2) is 72.3 Å². The second-order valence-corrected chi connectivity index (χ2v) is 7.68. The van der Waals surface area contributed by atoms with Crippen molar-refractivity contribution in [1.82, 2.24) is 5.32 Å². The number of anilines is 2. The van der Waals surface area contributed by atoms with Gasteiger partial charge in [0.2, 0.25) is 0 Å². The minimum absolute atomic E-state index is 0.0862. The van der Waals surface area contributed by atoms with E-state index >= 15 is 0 Å². The molecule has 0 spiro atoms. The van der Waals surface area contributed by atoms with E-state index in [1.807, 2.05) is 54.6 Å². The molecule has 0 aliphatic carbocycles. The van der Waals surface area contributed by atoms with Crippen molar-refractivity contribution in [2.24, 2.45) is 0 Å². The Balaban J connectivity index is 1.44. The quantitative estimate of drug-likeness (QED) is 0.512. The zero-order valence-corrected chi connectivity index (χ0v) is 17.3. The van der Waals surface area contributed by atoms with Crippen molar-refractivity contribution in [2.45, 2.75) is 0 Å². The van der Waals surface area contributed by atoms with Gasteiger partial charge in [-0.25, -0.2) is 9.69 Å². The number of carbonyl (C=O) groups is 3. The molecule has 7 nitrogen and oxygen atoms in total. The topological polar surface area (TPSA) is 79.0 Å². The Morgan fingerprint density at radius 1 is 0.812 bits per heavy atom. The van der Waals surface area contributed by atoms with Crippen LogP contribution >= 0.6 is 0 Å². The number of hydrogen-bond acceptors (Lipinski definition) is 5. The lowest BCUT2D eigenvalue weighted by Gasteiger charge is -2.29. The van der Waals surface area contributed by atoms with Crippen LogP contribution in [0.25, 0.3) is 16.8 Å². The number of morpholine rings is 1. The number of amides is 4. The molecule has 2 aliphatic heterocycles. The monoisotopic (exact) mass is 427 g/mol. The Hall–Kier alpha value is -3.97. The number of fused-ring (bicyclic) bond motifs is 1. The number of nitrogens with zero attached hydrogens (tertiary/aromatic N) is 2. The molecule has 2 fully saturated rings. The standard InChI is InChI=1S/C25H21N3O4/c29-23-22(15-17-5-8-20(9-6-17)27-11-13-32-14-12-27)24(30)28(25(31)26-23)21-10-7-18-3-1-2-4-19(18)16-21/h1-10,15-16H,11-14H2,(H,26,29,31)/b22-15+. The highest BCUT2D eigenvalue weighted by atomic mass is 16.5. The first-order valence-electron chi connectivity index (χ1n) is 10.4. The van der Waals surface area contributed by atoms with E-state index in [9.17, 15) is 14.4 Å². The summed E-state index contributed by atoms with van der Waals surface area (Å²) in [7, 11) is 0. The molecule has 32 heavy (non-hydrogen) atoms. The molecule has 3 aromatic rings. The van der Waals surface area contributed by atoms with Gasteiger partial charge in [0.15, 0.2) is 0 Å². The minimum Gasteiger partial charge on any atom is -0.378 e. The van der Waals surface area contributed by atoms with E-state index in [1.165, 1.54) is 6.08 Å². The van der Waals surface area contributed by atoms with Gasteiger partial charge < -0.3 is 9.64 Å². The van der Waals surface area contributed by atoms with Crippen LogP contribution < -0.4 is 15.1 Å². The number of barbiturate groups is 1. The van der Waals surface area contributed by atoms with Crippen LogP contribution in [0.5, 0.6) is 0 Å². The molecule has 7 heteroatoms. The Bertz CT molecular complexity index is 1240. The number of ether oxygens (including phenoxy) is 1. The van der Waals surface area contributed by atoms with E-state index in [0.717, 1.165) is 34.4 Å². The molecule has 0 aromatic heterocycles. The summed E-state index contributed by atoms with van der Waals surface area (Å²) in [6.07, 6.45) is 1.52. The zero-order valence-electron chi connectivity index (χ0n) is 17.3. The molecule has 0 atom stereocenters. The van der Waals surface area contributed by atoms with E-state index in [4.69, 9.17) is 4.74 Å². The molecule has 0 saturated carbocycles. The Labute approximate surface area is 184 Å². The van der Waals surface area contributed by atoms with Gasteiger partial charge in [0.05, 0.1) is 18.9 Å². The molecule has 2 aliphatic rings. The minimum atomic E-state index is -0.755. The van der Waals surface area contributed by atoms with Gasteiger partial charge in [-0.2, -0.15) is 0 Å². The van der Waals surface area contributed by atoms with E-state index in [-0.39, 0.29) is 5.57 Å².